The van der Waals surface area contributed by atoms with Crippen molar-refractivity contribution < 1.29 is 8.78 Å². The van der Waals surface area contributed by atoms with Crippen LogP contribution >= 0.6 is 0 Å². The van der Waals surface area contributed by atoms with E-state index >= 15 is 0 Å². The van der Waals surface area contributed by atoms with Crippen molar-refractivity contribution in [3.63, 3.8) is 0 Å². The molecule has 188 valence electrons. The first-order valence-corrected chi connectivity index (χ1v) is 12.2. The smallest absolute Gasteiger partial charge is 0.152 e. The Bertz CT molecular complexity index is 1540. The van der Waals surface area contributed by atoms with Gasteiger partial charge in [0.1, 0.15) is 18.0 Å². The van der Waals surface area contributed by atoms with Gasteiger partial charge in [0, 0.05) is 23.9 Å². The Labute approximate surface area is 220 Å². The minimum Gasteiger partial charge on any atom is -0.360 e. The van der Waals surface area contributed by atoms with Crippen molar-refractivity contribution in [1.82, 2.24) is 14.8 Å². The van der Waals surface area contributed by atoms with E-state index in [1.807, 2.05) is 51.9 Å². The van der Waals surface area contributed by atoms with E-state index in [4.69, 9.17) is 5.26 Å². The van der Waals surface area contributed by atoms with Crippen LogP contribution in [0.15, 0.2) is 103 Å². The van der Waals surface area contributed by atoms with Crippen LogP contribution in [-0.4, -0.2) is 14.8 Å². The van der Waals surface area contributed by atoms with Gasteiger partial charge in [0.2, 0.25) is 0 Å². The molecule has 0 unspecified atom stereocenters. The quantitative estimate of drug-likeness (QED) is 0.237. The molecule has 0 N–H and O–H groups in total. The molecule has 5 aromatic rings. The van der Waals surface area contributed by atoms with Gasteiger partial charge >= 0.3 is 0 Å². The van der Waals surface area contributed by atoms with Crippen LogP contribution in [0.2, 0.25) is 0 Å². The molecule has 0 aliphatic carbocycles. The number of aromatic nitrogens is 3. The molecule has 0 saturated carbocycles. The molecule has 0 aliphatic rings. The van der Waals surface area contributed by atoms with Crippen LogP contribution in [0.25, 0.3) is 0 Å². The molecule has 0 fully saturated rings. The number of nitrogens with zero attached hydrogens (tertiary/aromatic N) is 5. The Kier molecular flexibility index (Phi) is 7.51. The Morgan fingerprint density at radius 2 is 1.50 bits per heavy atom. The van der Waals surface area contributed by atoms with Gasteiger partial charge in [-0.25, -0.2) is 8.78 Å². The van der Waals surface area contributed by atoms with Gasteiger partial charge in [-0.05, 0) is 53.4 Å². The van der Waals surface area contributed by atoms with Crippen molar-refractivity contribution in [2.24, 2.45) is 0 Å². The molecular weight excluding hydrogens is 480 g/mol. The van der Waals surface area contributed by atoms with Gasteiger partial charge in [0.25, 0.3) is 0 Å². The van der Waals surface area contributed by atoms with Crippen LogP contribution in [0.4, 0.5) is 14.5 Å². The van der Waals surface area contributed by atoms with Gasteiger partial charge in [-0.15, -0.1) is 10.2 Å². The third-order valence-corrected chi connectivity index (χ3v) is 6.39. The fourth-order valence-electron chi connectivity index (χ4n) is 4.34. The number of nitriles is 1. The zero-order chi connectivity index (χ0) is 26.3. The minimum absolute atomic E-state index is 0.230. The monoisotopic (exact) mass is 505 g/mol. The van der Waals surface area contributed by atoms with Crippen molar-refractivity contribution in [3.05, 3.63) is 149 Å². The van der Waals surface area contributed by atoms with Crippen LogP contribution < -0.4 is 4.90 Å². The molecular formula is C31H25F2N5. The third-order valence-electron chi connectivity index (χ3n) is 6.39. The summed E-state index contributed by atoms with van der Waals surface area (Å²) < 4.78 is 30.1. The van der Waals surface area contributed by atoms with E-state index in [-0.39, 0.29) is 6.54 Å². The second kappa shape index (κ2) is 11.5. The molecule has 0 radical (unpaired) electrons. The van der Waals surface area contributed by atoms with E-state index in [1.165, 1.54) is 17.7 Å². The van der Waals surface area contributed by atoms with E-state index in [0.717, 1.165) is 29.3 Å². The maximum absolute atomic E-state index is 14.6. The topological polar surface area (TPSA) is 57.7 Å². The van der Waals surface area contributed by atoms with E-state index in [2.05, 4.69) is 40.5 Å². The van der Waals surface area contributed by atoms with Crippen molar-refractivity contribution in [2.45, 2.75) is 26.1 Å². The van der Waals surface area contributed by atoms with Gasteiger partial charge < -0.3 is 9.47 Å². The molecule has 5 nitrogen and oxygen atoms in total. The van der Waals surface area contributed by atoms with Gasteiger partial charge in [0.15, 0.2) is 5.82 Å². The first-order valence-electron chi connectivity index (χ1n) is 12.2. The summed E-state index contributed by atoms with van der Waals surface area (Å²) in [4.78, 5) is 2.00. The zero-order valence-electron chi connectivity index (χ0n) is 20.6. The summed E-state index contributed by atoms with van der Waals surface area (Å²) in [6, 6.07) is 31.5. The number of hydrogen-bond donors (Lipinski definition) is 0. The van der Waals surface area contributed by atoms with E-state index in [9.17, 15) is 8.78 Å². The summed E-state index contributed by atoms with van der Waals surface area (Å²) in [6.07, 6.45) is 2.47. The SMILES string of the molecule is N#Cc1ccc(Cn2cnnc2CN(Cc2ccc(F)cc2F)c2ccc(Cc3ccccc3)cc2)cc1. The van der Waals surface area contributed by atoms with Crippen LogP contribution in [-0.2, 0) is 26.1 Å². The maximum atomic E-state index is 14.6. The molecule has 5 rings (SSSR count). The summed E-state index contributed by atoms with van der Waals surface area (Å²) in [7, 11) is 0. The van der Waals surface area contributed by atoms with Crippen molar-refractivity contribution in [1.29, 1.82) is 5.26 Å². The average Bonchev–Trinajstić information content (AvgIpc) is 3.37. The lowest BCUT2D eigenvalue weighted by atomic mass is 10.0. The summed E-state index contributed by atoms with van der Waals surface area (Å²) in [5.74, 6) is -0.495. The molecule has 1 aromatic heterocycles. The molecule has 0 amide bonds. The number of benzene rings is 4. The molecule has 1 heterocycles. The number of rotatable bonds is 9. The second-order valence-corrected chi connectivity index (χ2v) is 9.10. The first kappa shape index (κ1) is 24.8. The highest BCUT2D eigenvalue weighted by Crippen LogP contribution is 2.23. The predicted molar refractivity (Wildman–Crippen MR) is 142 cm³/mol. The summed E-state index contributed by atoms with van der Waals surface area (Å²) in [5, 5.41) is 17.5. The zero-order valence-corrected chi connectivity index (χ0v) is 20.6. The molecule has 0 atom stereocenters. The largest absolute Gasteiger partial charge is 0.360 e. The van der Waals surface area contributed by atoms with Crippen LogP contribution in [0.3, 0.4) is 0 Å². The van der Waals surface area contributed by atoms with Gasteiger partial charge in [-0.1, -0.05) is 60.7 Å². The van der Waals surface area contributed by atoms with Crippen molar-refractivity contribution >= 4 is 5.69 Å². The van der Waals surface area contributed by atoms with E-state index in [0.29, 0.717) is 30.0 Å². The summed E-state index contributed by atoms with van der Waals surface area (Å²) >= 11 is 0. The predicted octanol–water partition coefficient (Wildman–Crippen LogP) is 6.27. The normalized spacial score (nSPS) is 10.8. The Morgan fingerprint density at radius 3 is 2.21 bits per heavy atom. The second-order valence-electron chi connectivity index (χ2n) is 9.10. The average molecular weight is 506 g/mol. The standard InChI is InChI=1S/C31H25F2N5/c32-28-13-12-27(30(33)17-28)20-37(29-14-10-24(11-15-29)16-23-4-2-1-3-5-23)21-31-36-35-22-38(31)19-26-8-6-25(18-34)7-9-26/h1-15,17,22H,16,19-21H2. The van der Waals surface area contributed by atoms with Gasteiger partial charge in [-0.2, -0.15) is 5.26 Å². The molecule has 38 heavy (non-hydrogen) atoms. The Morgan fingerprint density at radius 1 is 0.789 bits per heavy atom. The van der Waals surface area contributed by atoms with Gasteiger partial charge in [0.05, 0.1) is 24.7 Å². The van der Waals surface area contributed by atoms with E-state index < -0.39 is 11.6 Å². The number of halogens is 2. The Hall–Kier alpha value is -4.83. The van der Waals surface area contributed by atoms with Crippen LogP contribution in [0.5, 0.6) is 0 Å². The van der Waals surface area contributed by atoms with Crippen LogP contribution in [0.1, 0.15) is 33.6 Å². The van der Waals surface area contributed by atoms with Gasteiger partial charge in [-0.3, -0.25) is 0 Å². The highest BCUT2D eigenvalue weighted by Gasteiger charge is 2.16. The lowest BCUT2D eigenvalue weighted by Crippen LogP contribution is -2.25. The molecule has 0 saturated heterocycles. The van der Waals surface area contributed by atoms with Crippen molar-refractivity contribution in [2.75, 3.05) is 4.90 Å². The first-order chi connectivity index (χ1) is 18.6. The lowest BCUT2D eigenvalue weighted by Gasteiger charge is -2.25. The number of hydrogen-bond acceptors (Lipinski definition) is 4. The highest BCUT2D eigenvalue weighted by atomic mass is 19.1. The molecule has 0 aliphatic heterocycles. The summed E-state index contributed by atoms with van der Waals surface area (Å²) in [5.41, 5.74) is 5.27. The fraction of sp³-hybridized carbons (Fsp3) is 0.129. The maximum Gasteiger partial charge on any atom is 0.152 e. The molecule has 7 heteroatoms. The highest BCUT2D eigenvalue weighted by molar-refractivity contribution is 5.49. The molecule has 0 bridgehead atoms. The van der Waals surface area contributed by atoms with E-state index in [1.54, 1.807) is 18.5 Å². The Balaban J connectivity index is 1.40. The third kappa shape index (κ3) is 6.11. The van der Waals surface area contributed by atoms with Crippen molar-refractivity contribution in [3.8, 4) is 6.07 Å². The van der Waals surface area contributed by atoms with Crippen LogP contribution in [0, 0.1) is 23.0 Å². The minimum atomic E-state index is -0.606. The fourth-order valence-corrected chi connectivity index (χ4v) is 4.34. The summed E-state index contributed by atoms with van der Waals surface area (Å²) in [6.45, 7) is 1.13. The molecule has 0 spiro atoms. The number of anilines is 1. The molecule has 4 aromatic carbocycles. The lowest BCUT2D eigenvalue weighted by molar-refractivity contribution is 0.567.